The molecule has 122 valence electrons. The summed E-state index contributed by atoms with van der Waals surface area (Å²) in [5, 5.41) is 2.94. The van der Waals surface area contributed by atoms with Crippen molar-refractivity contribution in [3.05, 3.63) is 41.0 Å². The maximum Gasteiger partial charge on any atom is 0.255 e. The number of carbonyl (C=O) groups excluding carboxylic acids is 2. The van der Waals surface area contributed by atoms with Crippen molar-refractivity contribution in [2.45, 2.75) is 51.9 Å². The van der Waals surface area contributed by atoms with E-state index in [2.05, 4.69) is 12.2 Å². The summed E-state index contributed by atoms with van der Waals surface area (Å²) >= 11 is 0. The average molecular weight is 311 g/mol. The van der Waals surface area contributed by atoms with Gasteiger partial charge in [-0.1, -0.05) is 56.9 Å². The van der Waals surface area contributed by atoms with Crippen molar-refractivity contribution in [1.29, 1.82) is 0 Å². The van der Waals surface area contributed by atoms with E-state index in [0.29, 0.717) is 23.6 Å². The number of carbonyl (C=O) groups is 2. The van der Waals surface area contributed by atoms with E-state index in [1.165, 1.54) is 19.3 Å². The summed E-state index contributed by atoms with van der Waals surface area (Å²) in [6.07, 6.45) is 7.79. The van der Waals surface area contributed by atoms with Crippen LogP contribution in [0.5, 0.6) is 0 Å². The molecule has 0 bridgehead atoms. The quantitative estimate of drug-likeness (QED) is 0.656. The first-order valence-corrected chi connectivity index (χ1v) is 8.90. The Morgan fingerprint density at radius 1 is 1.13 bits per heavy atom. The van der Waals surface area contributed by atoms with Gasteiger partial charge in [-0.25, -0.2) is 0 Å². The van der Waals surface area contributed by atoms with Crippen LogP contribution in [0.1, 0.15) is 67.8 Å². The van der Waals surface area contributed by atoms with Gasteiger partial charge in [0.05, 0.1) is 5.57 Å². The van der Waals surface area contributed by atoms with Gasteiger partial charge < -0.3 is 5.32 Å². The number of nitrogens with one attached hydrogen (secondary N) is 1. The van der Waals surface area contributed by atoms with Gasteiger partial charge in [0.1, 0.15) is 0 Å². The third kappa shape index (κ3) is 3.10. The first-order valence-electron chi connectivity index (χ1n) is 8.90. The van der Waals surface area contributed by atoms with Crippen molar-refractivity contribution in [2.75, 3.05) is 6.54 Å². The zero-order chi connectivity index (χ0) is 16.2. The van der Waals surface area contributed by atoms with Gasteiger partial charge in [0.25, 0.3) is 5.91 Å². The van der Waals surface area contributed by atoms with Crippen LogP contribution in [0.25, 0.3) is 5.57 Å². The molecule has 0 atom stereocenters. The van der Waals surface area contributed by atoms with E-state index in [9.17, 15) is 9.59 Å². The molecule has 0 radical (unpaired) electrons. The number of ketones is 1. The molecule has 2 aliphatic carbocycles. The molecule has 3 nitrogen and oxygen atoms in total. The molecule has 1 aromatic rings. The summed E-state index contributed by atoms with van der Waals surface area (Å²) in [6, 6.07) is 7.70. The first kappa shape index (κ1) is 16.0. The molecule has 0 saturated heterocycles. The van der Waals surface area contributed by atoms with E-state index in [1.54, 1.807) is 0 Å². The monoisotopic (exact) mass is 311 g/mol. The normalized spacial score (nSPS) is 18.2. The van der Waals surface area contributed by atoms with Crippen molar-refractivity contribution in [3.63, 3.8) is 0 Å². The van der Waals surface area contributed by atoms with Crippen molar-refractivity contribution in [2.24, 2.45) is 5.92 Å². The molecule has 3 rings (SSSR count). The second kappa shape index (κ2) is 7.12. The van der Waals surface area contributed by atoms with Gasteiger partial charge in [-0.3, -0.25) is 9.59 Å². The second-order valence-electron chi connectivity index (χ2n) is 6.61. The second-order valence-corrected chi connectivity index (χ2v) is 6.61. The number of hydrogen-bond donors (Lipinski definition) is 1. The van der Waals surface area contributed by atoms with Crippen LogP contribution in [-0.4, -0.2) is 18.2 Å². The molecule has 0 aliphatic heterocycles. The fourth-order valence-corrected chi connectivity index (χ4v) is 3.82. The van der Waals surface area contributed by atoms with Crippen molar-refractivity contribution in [3.8, 4) is 0 Å². The van der Waals surface area contributed by atoms with Crippen LogP contribution in [0.2, 0.25) is 0 Å². The van der Waals surface area contributed by atoms with Crippen LogP contribution in [0.4, 0.5) is 0 Å². The summed E-state index contributed by atoms with van der Waals surface area (Å²) in [5.74, 6) is 0.0821. The lowest BCUT2D eigenvalue weighted by Gasteiger charge is -2.24. The Labute approximate surface area is 138 Å². The smallest absolute Gasteiger partial charge is 0.255 e. The molecular weight excluding hydrogens is 286 g/mol. The zero-order valence-electron chi connectivity index (χ0n) is 13.9. The van der Waals surface area contributed by atoms with Gasteiger partial charge >= 0.3 is 0 Å². The van der Waals surface area contributed by atoms with Gasteiger partial charge in [-0.05, 0) is 36.3 Å². The fraction of sp³-hybridized carbons (Fsp3) is 0.500. The highest BCUT2D eigenvalue weighted by atomic mass is 16.2. The molecule has 1 fully saturated rings. The molecule has 1 aromatic carbocycles. The predicted octanol–water partition coefficient (Wildman–Crippen LogP) is 4.13. The molecule has 23 heavy (non-hydrogen) atoms. The van der Waals surface area contributed by atoms with E-state index in [0.717, 1.165) is 36.8 Å². The minimum Gasteiger partial charge on any atom is -0.352 e. The van der Waals surface area contributed by atoms with E-state index >= 15 is 0 Å². The van der Waals surface area contributed by atoms with Crippen LogP contribution in [-0.2, 0) is 4.79 Å². The van der Waals surface area contributed by atoms with Gasteiger partial charge in [-0.2, -0.15) is 0 Å². The predicted molar refractivity (Wildman–Crippen MR) is 92.2 cm³/mol. The highest BCUT2D eigenvalue weighted by molar-refractivity contribution is 6.34. The molecule has 0 aromatic heterocycles. The van der Waals surface area contributed by atoms with E-state index in [-0.39, 0.29) is 11.7 Å². The maximum absolute atomic E-state index is 12.8. The average Bonchev–Trinajstić information content (AvgIpc) is 2.89. The van der Waals surface area contributed by atoms with Gasteiger partial charge in [0.15, 0.2) is 5.78 Å². The Hall–Kier alpha value is -1.90. The van der Waals surface area contributed by atoms with Crippen LogP contribution in [0.15, 0.2) is 29.8 Å². The zero-order valence-corrected chi connectivity index (χ0v) is 13.9. The lowest BCUT2D eigenvalue weighted by molar-refractivity contribution is -0.117. The molecular formula is C20H25NO2. The van der Waals surface area contributed by atoms with E-state index in [1.807, 2.05) is 24.3 Å². The Kier molecular flexibility index (Phi) is 4.94. The van der Waals surface area contributed by atoms with E-state index < -0.39 is 0 Å². The van der Waals surface area contributed by atoms with Crippen molar-refractivity contribution < 1.29 is 9.59 Å². The van der Waals surface area contributed by atoms with Crippen LogP contribution in [0, 0.1) is 5.92 Å². The van der Waals surface area contributed by atoms with Gasteiger partial charge in [-0.15, -0.1) is 0 Å². The number of amides is 1. The minimum atomic E-state index is -0.180. The molecule has 1 saturated carbocycles. The Morgan fingerprint density at radius 3 is 2.52 bits per heavy atom. The lowest BCUT2D eigenvalue weighted by Crippen LogP contribution is -2.29. The SMILES string of the molecule is CCCCNC(=O)C1=C(C2CCCCC2)c2ccccc2C1=O. The van der Waals surface area contributed by atoms with Crippen LogP contribution in [0.3, 0.4) is 0 Å². The molecule has 0 heterocycles. The maximum atomic E-state index is 12.8. The summed E-state index contributed by atoms with van der Waals surface area (Å²) in [4.78, 5) is 25.5. The van der Waals surface area contributed by atoms with Crippen LogP contribution < -0.4 is 5.32 Å². The topological polar surface area (TPSA) is 46.2 Å². The molecule has 3 heteroatoms. The Bertz CT molecular complexity index is 639. The molecule has 0 spiro atoms. The molecule has 1 amide bonds. The molecule has 0 unspecified atom stereocenters. The fourth-order valence-electron chi connectivity index (χ4n) is 3.82. The molecule has 2 aliphatic rings. The minimum absolute atomic E-state index is 0.0878. The van der Waals surface area contributed by atoms with E-state index in [4.69, 9.17) is 0 Å². The van der Waals surface area contributed by atoms with Gasteiger partial charge in [0, 0.05) is 12.1 Å². The van der Waals surface area contributed by atoms with Crippen molar-refractivity contribution in [1.82, 2.24) is 5.32 Å². The first-order chi connectivity index (χ1) is 11.2. The van der Waals surface area contributed by atoms with Crippen LogP contribution >= 0.6 is 0 Å². The summed E-state index contributed by atoms with van der Waals surface area (Å²) < 4.78 is 0. The number of benzene rings is 1. The number of fused-ring (bicyclic) bond motifs is 1. The lowest BCUT2D eigenvalue weighted by atomic mass is 9.80. The summed E-state index contributed by atoms with van der Waals surface area (Å²) in [7, 11) is 0. The number of rotatable bonds is 5. The standard InChI is InChI=1S/C20H25NO2/c1-2-3-13-21-20(23)18-17(14-9-5-4-6-10-14)15-11-7-8-12-16(15)19(18)22/h7-8,11-12,14H,2-6,9-10,13H2,1H3,(H,21,23). The number of Topliss-reactive ketones (excluding diaryl/α,β-unsaturated/α-hetero) is 1. The highest BCUT2D eigenvalue weighted by Gasteiger charge is 2.37. The summed E-state index contributed by atoms with van der Waals surface area (Å²) in [6.45, 7) is 2.73. The Balaban J connectivity index is 1.96. The third-order valence-corrected chi connectivity index (χ3v) is 5.01. The number of hydrogen-bond acceptors (Lipinski definition) is 2. The highest BCUT2D eigenvalue weighted by Crippen LogP contribution is 2.43. The number of allylic oxidation sites excluding steroid dienone is 1. The van der Waals surface area contributed by atoms with Crippen molar-refractivity contribution >= 4 is 17.3 Å². The number of unbranched alkanes of at least 4 members (excludes halogenated alkanes) is 1. The van der Waals surface area contributed by atoms with Gasteiger partial charge in [0.2, 0.25) is 0 Å². The Morgan fingerprint density at radius 2 is 1.83 bits per heavy atom. The largest absolute Gasteiger partial charge is 0.352 e. The molecule has 1 N–H and O–H groups in total. The third-order valence-electron chi connectivity index (χ3n) is 5.01. The summed E-state index contributed by atoms with van der Waals surface area (Å²) in [5.41, 5.74) is 3.12.